The third kappa shape index (κ3) is 3.38. The van der Waals surface area contributed by atoms with Gasteiger partial charge in [-0.15, -0.1) is 0 Å². The van der Waals surface area contributed by atoms with Gasteiger partial charge in [0.1, 0.15) is 11.2 Å². The van der Waals surface area contributed by atoms with E-state index in [-0.39, 0.29) is 30.4 Å². The van der Waals surface area contributed by atoms with Crippen molar-refractivity contribution in [2.24, 2.45) is 5.92 Å². The fourth-order valence-electron chi connectivity index (χ4n) is 2.06. The second-order valence-corrected chi connectivity index (χ2v) is 5.53. The van der Waals surface area contributed by atoms with Crippen LogP contribution in [0.25, 0.3) is 16.9 Å². The largest absolute Gasteiger partial charge is 1.00 e. The fraction of sp³-hybridized carbons (Fsp3) is 0.545. The second-order valence-electron chi connectivity index (χ2n) is 4.52. The van der Waals surface area contributed by atoms with Crippen LogP contribution in [0.3, 0.4) is 0 Å². The van der Waals surface area contributed by atoms with E-state index in [0.29, 0.717) is 22.2 Å². The fourth-order valence-corrected chi connectivity index (χ4v) is 3.12. The zero-order valence-electron chi connectivity index (χ0n) is 11.2. The van der Waals surface area contributed by atoms with Crippen molar-refractivity contribution < 1.29 is 23.6 Å². The Bertz CT molecular complexity index is 637. The van der Waals surface area contributed by atoms with E-state index < -0.39 is 0 Å². The predicted molar refractivity (Wildman–Crippen MR) is 72.8 cm³/mol. The number of H-pyrrole nitrogens is 2. The molecule has 3 heterocycles. The Morgan fingerprint density at radius 2 is 2.05 bits per heavy atom. The van der Waals surface area contributed by atoms with Gasteiger partial charge in [-0.3, -0.25) is 4.79 Å². The Balaban J connectivity index is 0.00000147. The molecule has 1 aliphatic rings. The number of hydrogen-bond donors (Lipinski definition) is 2. The molecule has 1 aliphatic heterocycles. The summed E-state index contributed by atoms with van der Waals surface area (Å²) in [5.41, 5.74) is 7.65. The number of aromatic nitrogens is 4. The zero-order valence-corrected chi connectivity index (χ0v) is 12.0. The van der Waals surface area contributed by atoms with Crippen LogP contribution in [0.5, 0.6) is 0 Å². The monoisotopic (exact) mass is 287 g/mol. The number of nitrogens with zero attached hydrogens (tertiary/aromatic N) is 2. The molecule has 2 aromatic rings. The molecular weight excluding hydrogens is 273 g/mol. The van der Waals surface area contributed by atoms with Crippen LogP contribution in [0.15, 0.2) is 9.95 Å². The standard InChI is InChI=1S/C11H15N5O2S.Li/c12-10-14-8-7(9(17)16-10)13-11(15-8)19-5-6-1-3-18-4-2-6;/h6H,1-5H2,(H4,12,13,14,15,16,17);/q;+1/p-1. The maximum Gasteiger partial charge on any atom is 1.00 e. The van der Waals surface area contributed by atoms with Gasteiger partial charge in [0.15, 0.2) is 5.16 Å². The van der Waals surface area contributed by atoms with E-state index in [1.165, 1.54) is 0 Å². The Morgan fingerprint density at radius 1 is 1.30 bits per heavy atom. The number of aromatic amines is 2. The molecule has 0 saturated carbocycles. The van der Waals surface area contributed by atoms with Crippen LogP contribution in [-0.4, -0.2) is 38.9 Å². The van der Waals surface area contributed by atoms with E-state index in [2.05, 4.69) is 19.9 Å². The van der Waals surface area contributed by atoms with E-state index in [1.54, 1.807) is 11.8 Å². The maximum atomic E-state index is 11.6. The minimum absolute atomic E-state index is 0. The van der Waals surface area contributed by atoms with E-state index in [1.807, 2.05) is 0 Å². The van der Waals surface area contributed by atoms with Crippen molar-refractivity contribution in [3.8, 4) is 0 Å². The number of hydrogen-bond acceptors (Lipinski definition) is 5. The molecule has 0 unspecified atom stereocenters. The van der Waals surface area contributed by atoms with Gasteiger partial charge in [0.05, 0.1) is 0 Å². The van der Waals surface area contributed by atoms with Crippen molar-refractivity contribution >= 4 is 28.9 Å². The Morgan fingerprint density at radius 3 is 2.80 bits per heavy atom. The number of ether oxygens (including phenoxy) is 1. The minimum atomic E-state index is -0.347. The molecule has 0 aliphatic carbocycles. The predicted octanol–water partition coefficient (Wildman–Crippen LogP) is -1.15. The van der Waals surface area contributed by atoms with Gasteiger partial charge in [-0.1, -0.05) is 11.8 Å². The third-order valence-electron chi connectivity index (χ3n) is 3.14. The molecule has 3 rings (SSSR count). The van der Waals surface area contributed by atoms with E-state index >= 15 is 0 Å². The Hall–Kier alpha value is -0.943. The van der Waals surface area contributed by atoms with Crippen molar-refractivity contribution in [1.82, 2.24) is 19.9 Å². The van der Waals surface area contributed by atoms with Crippen molar-refractivity contribution in [2.75, 3.05) is 19.0 Å². The first-order valence-corrected chi connectivity index (χ1v) is 7.13. The number of thioether (sulfide) groups is 1. The van der Waals surface area contributed by atoms with Gasteiger partial charge in [-0.25, -0.2) is 4.98 Å². The van der Waals surface area contributed by atoms with Gasteiger partial charge in [0.25, 0.3) is 0 Å². The maximum absolute atomic E-state index is 11.6. The van der Waals surface area contributed by atoms with E-state index in [9.17, 15) is 4.79 Å². The molecule has 1 fully saturated rings. The molecule has 20 heavy (non-hydrogen) atoms. The summed E-state index contributed by atoms with van der Waals surface area (Å²) in [4.78, 5) is 25.0. The second kappa shape index (κ2) is 6.67. The van der Waals surface area contributed by atoms with Gasteiger partial charge < -0.3 is 25.4 Å². The number of nitrogens with one attached hydrogen (secondary N) is 3. The molecule has 3 N–H and O–H groups in total. The molecule has 7 nitrogen and oxygen atoms in total. The summed E-state index contributed by atoms with van der Waals surface area (Å²) in [6.45, 7) is 1.66. The summed E-state index contributed by atoms with van der Waals surface area (Å²) in [6, 6.07) is 0. The molecule has 102 valence electrons. The molecular formula is C11H14LiN5O2S. The molecule has 0 radical (unpaired) electrons. The number of rotatable bonds is 3. The summed E-state index contributed by atoms with van der Waals surface area (Å²) >= 11 is 1.59. The first-order chi connectivity index (χ1) is 9.22. The van der Waals surface area contributed by atoms with Crippen LogP contribution in [0.4, 0.5) is 5.95 Å². The van der Waals surface area contributed by atoms with Crippen LogP contribution >= 0.6 is 11.8 Å². The zero-order chi connectivity index (χ0) is 13.2. The van der Waals surface area contributed by atoms with Gasteiger partial charge >= 0.3 is 18.9 Å². The first kappa shape index (κ1) is 15.4. The summed E-state index contributed by atoms with van der Waals surface area (Å²) < 4.78 is 5.32. The molecule has 0 amide bonds. The normalized spacial score (nSPS) is 16.2. The third-order valence-corrected chi connectivity index (χ3v) is 4.24. The van der Waals surface area contributed by atoms with E-state index in [0.717, 1.165) is 31.8 Å². The van der Waals surface area contributed by atoms with Gasteiger partial charge in [0, 0.05) is 24.9 Å². The van der Waals surface area contributed by atoms with Crippen LogP contribution in [0.1, 0.15) is 12.8 Å². The summed E-state index contributed by atoms with van der Waals surface area (Å²) in [7, 11) is 0. The Labute approximate surface area is 131 Å². The average Bonchev–Trinajstić information content (AvgIpc) is 2.81. The quantitative estimate of drug-likeness (QED) is 0.547. The molecule has 0 spiro atoms. The Kier molecular flexibility index (Phi) is 5.15. The smallest absolute Gasteiger partial charge is 0.411 e. The number of imidazole rings is 1. The van der Waals surface area contributed by atoms with Crippen molar-refractivity contribution in [3.05, 3.63) is 16.1 Å². The molecule has 1 saturated heterocycles. The molecule has 0 aromatic carbocycles. The van der Waals surface area contributed by atoms with Crippen LogP contribution in [0.2, 0.25) is 0 Å². The van der Waals surface area contributed by atoms with Crippen molar-refractivity contribution in [1.29, 1.82) is 0 Å². The van der Waals surface area contributed by atoms with Gasteiger partial charge in [0.2, 0.25) is 5.56 Å². The summed E-state index contributed by atoms with van der Waals surface area (Å²) in [6.07, 6.45) is 2.14. The summed E-state index contributed by atoms with van der Waals surface area (Å²) in [5.74, 6) is 1.42. The van der Waals surface area contributed by atoms with Crippen molar-refractivity contribution in [2.45, 2.75) is 18.0 Å². The average molecular weight is 287 g/mol. The topological polar surface area (TPSA) is 107 Å². The molecule has 9 heteroatoms. The molecule has 0 atom stereocenters. The number of fused-ring (bicyclic) bond motifs is 1. The van der Waals surface area contributed by atoms with Crippen molar-refractivity contribution in [3.63, 3.8) is 0 Å². The SMILES string of the molecule is [Li+].[NH-]c1nc2nc(SCC3CCOCC3)[nH]c2c(=O)[nH]1. The molecule has 0 bridgehead atoms. The van der Waals surface area contributed by atoms with E-state index in [4.69, 9.17) is 10.5 Å². The summed E-state index contributed by atoms with van der Waals surface area (Å²) in [5, 5.41) is 0.685. The van der Waals surface area contributed by atoms with Gasteiger partial charge in [-0.05, 0) is 18.8 Å². The van der Waals surface area contributed by atoms with Crippen LogP contribution in [-0.2, 0) is 4.74 Å². The van der Waals surface area contributed by atoms with Crippen LogP contribution in [0, 0.1) is 5.92 Å². The minimum Gasteiger partial charge on any atom is -0.411 e. The van der Waals surface area contributed by atoms with Gasteiger partial charge in [-0.2, -0.15) is 0 Å². The van der Waals surface area contributed by atoms with Crippen LogP contribution < -0.4 is 24.4 Å². The first-order valence-electron chi connectivity index (χ1n) is 6.14. The molecule has 2 aromatic heterocycles.